The second kappa shape index (κ2) is 7.88. The lowest BCUT2D eigenvalue weighted by Crippen LogP contribution is -2.13. The third kappa shape index (κ3) is 3.93. The number of nitrogens with zero attached hydrogens (tertiary/aromatic N) is 2. The van der Waals surface area contributed by atoms with E-state index in [0.29, 0.717) is 12.8 Å². The quantitative estimate of drug-likeness (QED) is 0.651. The summed E-state index contributed by atoms with van der Waals surface area (Å²) in [6.07, 6.45) is -3.46. The van der Waals surface area contributed by atoms with Gasteiger partial charge in [-0.05, 0) is 37.0 Å². The standard InChI is InChI=1S/C21H19F3N2O2/c1-2-17-19(20(27)28)16(13-12-14-8-4-3-5-9-14)25-26(17)18-11-7-6-10-15(18)21(22,23)24/h3-11H,2,12-13H2,1H3,(H,27,28). The molecule has 3 aromatic rings. The summed E-state index contributed by atoms with van der Waals surface area (Å²) in [6, 6.07) is 14.5. The monoisotopic (exact) mass is 388 g/mol. The van der Waals surface area contributed by atoms with E-state index in [4.69, 9.17) is 0 Å². The molecule has 1 aromatic heterocycles. The lowest BCUT2D eigenvalue weighted by molar-refractivity contribution is -0.137. The molecular formula is C21H19F3N2O2. The largest absolute Gasteiger partial charge is 0.478 e. The van der Waals surface area contributed by atoms with Gasteiger partial charge in [0.05, 0.1) is 22.6 Å². The van der Waals surface area contributed by atoms with Gasteiger partial charge in [-0.3, -0.25) is 0 Å². The summed E-state index contributed by atoms with van der Waals surface area (Å²) in [5.41, 5.74) is 0.508. The molecule has 0 aliphatic heterocycles. The van der Waals surface area contributed by atoms with E-state index in [1.54, 1.807) is 6.92 Å². The van der Waals surface area contributed by atoms with E-state index < -0.39 is 17.7 Å². The van der Waals surface area contributed by atoms with Crippen molar-refractivity contribution >= 4 is 5.97 Å². The van der Waals surface area contributed by atoms with E-state index in [9.17, 15) is 23.1 Å². The summed E-state index contributed by atoms with van der Waals surface area (Å²) in [5, 5.41) is 14.0. The number of aromatic carboxylic acids is 1. The smallest absolute Gasteiger partial charge is 0.418 e. The van der Waals surface area contributed by atoms with Crippen LogP contribution in [0.25, 0.3) is 5.69 Å². The van der Waals surface area contributed by atoms with E-state index in [2.05, 4.69) is 5.10 Å². The van der Waals surface area contributed by atoms with Crippen molar-refractivity contribution in [3.8, 4) is 5.69 Å². The highest BCUT2D eigenvalue weighted by atomic mass is 19.4. The number of benzene rings is 2. The van der Waals surface area contributed by atoms with E-state index in [-0.39, 0.29) is 29.1 Å². The highest BCUT2D eigenvalue weighted by molar-refractivity contribution is 5.90. The molecule has 1 heterocycles. The molecule has 0 aliphatic rings. The number of aryl methyl sites for hydroxylation is 2. The fraction of sp³-hybridized carbons (Fsp3) is 0.238. The summed E-state index contributed by atoms with van der Waals surface area (Å²) >= 11 is 0. The maximum Gasteiger partial charge on any atom is 0.418 e. The Morgan fingerprint density at radius 2 is 1.68 bits per heavy atom. The van der Waals surface area contributed by atoms with Gasteiger partial charge in [0.2, 0.25) is 0 Å². The number of alkyl halides is 3. The van der Waals surface area contributed by atoms with Gasteiger partial charge in [-0.15, -0.1) is 0 Å². The van der Waals surface area contributed by atoms with Gasteiger partial charge in [0.15, 0.2) is 0 Å². The first-order valence-electron chi connectivity index (χ1n) is 8.87. The van der Waals surface area contributed by atoms with Crippen LogP contribution in [0.4, 0.5) is 13.2 Å². The Morgan fingerprint density at radius 3 is 2.29 bits per heavy atom. The van der Waals surface area contributed by atoms with Gasteiger partial charge >= 0.3 is 12.1 Å². The minimum absolute atomic E-state index is 0.0181. The molecule has 4 nitrogen and oxygen atoms in total. The fourth-order valence-electron chi connectivity index (χ4n) is 3.26. The van der Waals surface area contributed by atoms with Crippen molar-refractivity contribution in [3.63, 3.8) is 0 Å². The van der Waals surface area contributed by atoms with Gasteiger partial charge in [-0.2, -0.15) is 18.3 Å². The van der Waals surface area contributed by atoms with Gasteiger partial charge in [-0.25, -0.2) is 9.48 Å². The Bertz CT molecular complexity index is 979. The van der Waals surface area contributed by atoms with Gasteiger partial charge in [0.1, 0.15) is 5.56 Å². The van der Waals surface area contributed by atoms with E-state index in [0.717, 1.165) is 16.3 Å². The third-order valence-corrected chi connectivity index (χ3v) is 4.53. The Labute approximate surface area is 160 Å². The molecule has 0 saturated heterocycles. The van der Waals surface area contributed by atoms with Crippen molar-refractivity contribution in [3.05, 3.63) is 82.7 Å². The van der Waals surface area contributed by atoms with Crippen LogP contribution in [0, 0.1) is 0 Å². The van der Waals surface area contributed by atoms with Gasteiger partial charge in [0, 0.05) is 0 Å². The zero-order valence-electron chi connectivity index (χ0n) is 15.2. The van der Waals surface area contributed by atoms with Crippen LogP contribution in [0.5, 0.6) is 0 Å². The molecule has 0 atom stereocenters. The van der Waals surface area contributed by atoms with Gasteiger partial charge in [-0.1, -0.05) is 49.4 Å². The predicted molar refractivity (Wildman–Crippen MR) is 98.8 cm³/mol. The van der Waals surface area contributed by atoms with E-state index in [1.807, 2.05) is 30.3 Å². The summed E-state index contributed by atoms with van der Waals surface area (Å²) in [5.74, 6) is -1.18. The molecule has 146 valence electrons. The van der Waals surface area contributed by atoms with Crippen LogP contribution in [0.2, 0.25) is 0 Å². The Kier molecular flexibility index (Phi) is 5.53. The summed E-state index contributed by atoms with van der Waals surface area (Å²) in [7, 11) is 0. The highest BCUT2D eigenvalue weighted by Gasteiger charge is 2.35. The number of halogens is 3. The summed E-state index contributed by atoms with van der Waals surface area (Å²) in [6.45, 7) is 1.71. The van der Waals surface area contributed by atoms with Crippen molar-refractivity contribution in [1.29, 1.82) is 0 Å². The van der Waals surface area contributed by atoms with Crippen LogP contribution in [0.15, 0.2) is 54.6 Å². The zero-order chi connectivity index (χ0) is 20.3. The molecular weight excluding hydrogens is 369 g/mol. The molecule has 0 radical (unpaired) electrons. The van der Waals surface area contributed by atoms with E-state index >= 15 is 0 Å². The number of carboxylic acids is 1. The van der Waals surface area contributed by atoms with Crippen molar-refractivity contribution in [2.75, 3.05) is 0 Å². The molecule has 3 rings (SSSR count). The lowest BCUT2D eigenvalue weighted by Gasteiger charge is -2.14. The maximum absolute atomic E-state index is 13.4. The van der Waals surface area contributed by atoms with Gasteiger partial charge < -0.3 is 5.11 Å². The average molecular weight is 388 g/mol. The highest BCUT2D eigenvalue weighted by Crippen LogP contribution is 2.34. The van der Waals surface area contributed by atoms with E-state index in [1.165, 1.54) is 18.2 Å². The number of aromatic nitrogens is 2. The summed E-state index contributed by atoms with van der Waals surface area (Å²) < 4.78 is 41.5. The van der Waals surface area contributed by atoms with Crippen LogP contribution in [0.1, 0.15) is 39.8 Å². The van der Waals surface area contributed by atoms with Gasteiger partial charge in [0.25, 0.3) is 0 Å². The second-order valence-corrected chi connectivity index (χ2v) is 6.34. The molecule has 0 fully saturated rings. The molecule has 7 heteroatoms. The van der Waals surface area contributed by atoms with Crippen LogP contribution in [-0.4, -0.2) is 20.9 Å². The Morgan fingerprint density at radius 1 is 1.04 bits per heavy atom. The van der Waals surface area contributed by atoms with Crippen molar-refractivity contribution < 1.29 is 23.1 Å². The molecule has 0 amide bonds. The lowest BCUT2D eigenvalue weighted by atomic mass is 10.0. The third-order valence-electron chi connectivity index (χ3n) is 4.53. The molecule has 0 bridgehead atoms. The topological polar surface area (TPSA) is 55.1 Å². The second-order valence-electron chi connectivity index (χ2n) is 6.34. The first kappa shape index (κ1) is 19.7. The molecule has 28 heavy (non-hydrogen) atoms. The number of para-hydroxylation sites is 1. The molecule has 0 aliphatic carbocycles. The average Bonchev–Trinajstić information content (AvgIpc) is 3.05. The minimum atomic E-state index is -4.57. The molecule has 0 unspecified atom stereocenters. The maximum atomic E-state index is 13.4. The summed E-state index contributed by atoms with van der Waals surface area (Å²) in [4.78, 5) is 11.9. The number of carboxylic acid groups (broad SMARTS) is 1. The van der Waals surface area contributed by atoms with Crippen molar-refractivity contribution in [2.24, 2.45) is 0 Å². The SMILES string of the molecule is CCc1c(C(=O)O)c(CCc2ccccc2)nn1-c1ccccc1C(F)(F)F. The Hall–Kier alpha value is -3.09. The molecule has 2 aromatic carbocycles. The first-order chi connectivity index (χ1) is 13.3. The Balaban J connectivity index is 2.10. The number of rotatable bonds is 6. The van der Waals surface area contributed by atoms with Crippen molar-refractivity contribution in [2.45, 2.75) is 32.4 Å². The normalized spacial score (nSPS) is 11.6. The van der Waals surface area contributed by atoms with Crippen LogP contribution in [-0.2, 0) is 25.4 Å². The number of hydrogen-bond acceptors (Lipinski definition) is 2. The molecule has 0 saturated carbocycles. The number of carbonyl (C=O) groups is 1. The number of hydrogen-bond donors (Lipinski definition) is 1. The van der Waals surface area contributed by atoms with Crippen LogP contribution < -0.4 is 0 Å². The van der Waals surface area contributed by atoms with Crippen LogP contribution in [0.3, 0.4) is 0 Å². The van der Waals surface area contributed by atoms with Crippen LogP contribution >= 0.6 is 0 Å². The molecule has 0 spiro atoms. The van der Waals surface area contributed by atoms with Crippen molar-refractivity contribution in [1.82, 2.24) is 9.78 Å². The minimum Gasteiger partial charge on any atom is -0.478 e. The first-order valence-corrected chi connectivity index (χ1v) is 8.87. The molecule has 1 N–H and O–H groups in total. The fourth-order valence-corrected chi connectivity index (χ4v) is 3.26. The zero-order valence-corrected chi connectivity index (χ0v) is 15.2. The predicted octanol–water partition coefficient (Wildman–Crippen LogP) is 4.94.